The maximum absolute atomic E-state index is 11.9. The second-order valence-electron chi connectivity index (χ2n) is 4.72. The van der Waals surface area contributed by atoms with Gasteiger partial charge in [0, 0.05) is 16.2 Å². The summed E-state index contributed by atoms with van der Waals surface area (Å²) in [6, 6.07) is 9.57. The lowest BCUT2D eigenvalue weighted by molar-refractivity contribution is -0.115. The van der Waals surface area contributed by atoms with Gasteiger partial charge in [0.05, 0.1) is 6.42 Å². The second-order valence-corrected chi connectivity index (χ2v) is 5.63. The van der Waals surface area contributed by atoms with Gasteiger partial charge in [0.25, 0.3) is 0 Å². The van der Waals surface area contributed by atoms with Gasteiger partial charge in [-0.2, -0.15) is 5.10 Å². The predicted molar refractivity (Wildman–Crippen MR) is 79.2 cm³/mol. The van der Waals surface area contributed by atoms with Gasteiger partial charge in [0.1, 0.15) is 0 Å². The number of amides is 1. The van der Waals surface area contributed by atoms with Gasteiger partial charge in [-0.1, -0.05) is 41.9 Å². The summed E-state index contributed by atoms with van der Waals surface area (Å²) >= 11 is 3.39. The molecule has 2 N–H and O–H groups in total. The lowest BCUT2D eigenvalue weighted by Gasteiger charge is -2.02. The van der Waals surface area contributed by atoms with Gasteiger partial charge in [0.2, 0.25) is 5.91 Å². The van der Waals surface area contributed by atoms with Crippen LogP contribution in [0.5, 0.6) is 0 Å². The first-order valence-electron chi connectivity index (χ1n) is 6.14. The quantitative estimate of drug-likeness (QED) is 0.905. The molecule has 0 radical (unpaired) electrons. The van der Waals surface area contributed by atoms with Gasteiger partial charge in [-0.25, -0.2) is 0 Å². The van der Waals surface area contributed by atoms with Gasteiger partial charge in [0.15, 0.2) is 5.82 Å². The minimum absolute atomic E-state index is 0.0695. The van der Waals surface area contributed by atoms with Crippen molar-refractivity contribution in [1.82, 2.24) is 10.2 Å². The van der Waals surface area contributed by atoms with Crippen molar-refractivity contribution in [3.05, 3.63) is 46.1 Å². The highest BCUT2D eigenvalue weighted by Gasteiger charge is 2.08. The van der Waals surface area contributed by atoms with Gasteiger partial charge in [-0.3, -0.25) is 9.89 Å². The van der Waals surface area contributed by atoms with Crippen molar-refractivity contribution >= 4 is 27.7 Å². The van der Waals surface area contributed by atoms with Crippen molar-refractivity contribution in [2.75, 3.05) is 5.32 Å². The number of aromatic amines is 1. The van der Waals surface area contributed by atoms with Crippen LogP contribution in [0, 0.1) is 0 Å². The van der Waals surface area contributed by atoms with Crippen LogP contribution >= 0.6 is 15.9 Å². The molecule has 0 unspecified atom stereocenters. The highest BCUT2D eigenvalue weighted by molar-refractivity contribution is 9.10. The Bertz CT molecular complexity index is 578. The summed E-state index contributed by atoms with van der Waals surface area (Å²) < 4.78 is 0.972. The minimum Gasteiger partial charge on any atom is -0.309 e. The lowest BCUT2D eigenvalue weighted by Crippen LogP contribution is -2.14. The third kappa shape index (κ3) is 3.92. The molecule has 0 fully saturated rings. The molecule has 0 aliphatic heterocycles. The molecule has 0 saturated heterocycles. The van der Waals surface area contributed by atoms with E-state index in [9.17, 15) is 4.79 Å². The number of carbonyl (C=O) groups excluding carboxylic acids is 1. The minimum atomic E-state index is -0.0695. The van der Waals surface area contributed by atoms with E-state index in [0.29, 0.717) is 18.2 Å². The van der Waals surface area contributed by atoms with Crippen molar-refractivity contribution in [3.63, 3.8) is 0 Å². The van der Waals surface area contributed by atoms with E-state index in [1.807, 2.05) is 30.3 Å². The molecule has 0 atom stereocenters. The average molecular weight is 322 g/mol. The molecule has 0 bridgehead atoms. The van der Waals surface area contributed by atoms with Crippen molar-refractivity contribution in [3.8, 4) is 0 Å². The summed E-state index contributed by atoms with van der Waals surface area (Å²) in [6.07, 6.45) is 0.337. The van der Waals surface area contributed by atoms with Crippen LogP contribution in [-0.2, 0) is 11.2 Å². The molecule has 5 heteroatoms. The van der Waals surface area contributed by atoms with E-state index in [1.165, 1.54) is 0 Å². The van der Waals surface area contributed by atoms with Crippen molar-refractivity contribution in [2.45, 2.75) is 26.2 Å². The molecule has 1 aromatic heterocycles. The third-order valence-electron chi connectivity index (χ3n) is 2.74. The van der Waals surface area contributed by atoms with Crippen molar-refractivity contribution < 1.29 is 4.79 Å². The fraction of sp³-hybridized carbons (Fsp3) is 0.286. The Balaban J connectivity index is 1.97. The Labute approximate surface area is 120 Å². The monoisotopic (exact) mass is 321 g/mol. The van der Waals surface area contributed by atoms with E-state index in [2.05, 4.69) is 45.3 Å². The number of nitrogens with one attached hydrogen (secondary N) is 2. The van der Waals surface area contributed by atoms with Crippen molar-refractivity contribution in [2.24, 2.45) is 0 Å². The van der Waals surface area contributed by atoms with Gasteiger partial charge in [-0.15, -0.1) is 0 Å². The number of rotatable bonds is 4. The van der Waals surface area contributed by atoms with Crippen LogP contribution in [-0.4, -0.2) is 16.1 Å². The Morgan fingerprint density at radius 3 is 2.84 bits per heavy atom. The van der Waals surface area contributed by atoms with E-state index in [1.54, 1.807) is 0 Å². The summed E-state index contributed by atoms with van der Waals surface area (Å²) in [5, 5.41) is 9.77. The van der Waals surface area contributed by atoms with Gasteiger partial charge in [-0.05, 0) is 23.6 Å². The fourth-order valence-corrected chi connectivity index (χ4v) is 2.16. The zero-order valence-corrected chi connectivity index (χ0v) is 12.5. The molecule has 1 heterocycles. The molecular weight excluding hydrogens is 306 g/mol. The first-order valence-corrected chi connectivity index (χ1v) is 6.93. The molecule has 0 aliphatic rings. The van der Waals surface area contributed by atoms with Crippen LogP contribution in [0.4, 0.5) is 5.82 Å². The number of anilines is 1. The summed E-state index contributed by atoms with van der Waals surface area (Å²) in [5.41, 5.74) is 1.98. The molecule has 1 aromatic carbocycles. The zero-order valence-electron chi connectivity index (χ0n) is 10.9. The molecule has 0 aliphatic carbocycles. The van der Waals surface area contributed by atoms with Crippen LogP contribution in [0.25, 0.3) is 0 Å². The summed E-state index contributed by atoms with van der Waals surface area (Å²) in [6.45, 7) is 4.14. The number of H-pyrrole nitrogens is 1. The maximum atomic E-state index is 11.9. The topological polar surface area (TPSA) is 57.8 Å². The highest BCUT2D eigenvalue weighted by atomic mass is 79.9. The predicted octanol–water partition coefficient (Wildman–Crippen LogP) is 3.48. The Kier molecular flexibility index (Phi) is 4.37. The highest BCUT2D eigenvalue weighted by Crippen LogP contribution is 2.16. The van der Waals surface area contributed by atoms with E-state index in [4.69, 9.17) is 0 Å². The molecule has 1 amide bonds. The Morgan fingerprint density at radius 2 is 2.21 bits per heavy atom. The van der Waals surface area contributed by atoms with Crippen LogP contribution in [0.1, 0.15) is 31.0 Å². The molecule has 0 saturated carbocycles. The molecular formula is C14H16BrN3O. The van der Waals surface area contributed by atoms with E-state index >= 15 is 0 Å². The number of benzene rings is 1. The Morgan fingerprint density at radius 1 is 1.42 bits per heavy atom. The molecule has 4 nitrogen and oxygen atoms in total. The smallest absolute Gasteiger partial charge is 0.229 e. The zero-order chi connectivity index (χ0) is 13.8. The first-order chi connectivity index (χ1) is 9.04. The molecule has 2 rings (SSSR count). The van der Waals surface area contributed by atoms with E-state index in [-0.39, 0.29) is 5.91 Å². The first kappa shape index (κ1) is 13.8. The lowest BCUT2D eigenvalue weighted by atomic mass is 10.1. The Hall–Kier alpha value is -1.62. The number of carbonyl (C=O) groups is 1. The van der Waals surface area contributed by atoms with Crippen LogP contribution < -0.4 is 5.32 Å². The van der Waals surface area contributed by atoms with Crippen LogP contribution in [0.3, 0.4) is 0 Å². The normalized spacial score (nSPS) is 10.7. The van der Waals surface area contributed by atoms with Crippen LogP contribution in [0.15, 0.2) is 34.8 Å². The summed E-state index contributed by atoms with van der Waals surface area (Å²) in [7, 11) is 0. The maximum Gasteiger partial charge on any atom is 0.229 e. The molecule has 2 aromatic rings. The van der Waals surface area contributed by atoms with E-state index in [0.717, 1.165) is 15.7 Å². The number of halogens is 1. The molecule has 19 heavy (non-hydrogen) atoms. The summed E-state index contributed by atoms with van der Waals surface area (Å²) in [4.78, 5) is 11.9. The standard InChI is InChI=1S/C14H16BrN3O/c1-9(2)12-8-13(18-17-12)16-14(19)7-10-4-3-5-11(15)6-10/h3-6,8-9H,7H2,1-2H3,(H2,16,17,18,19). The van der Waals surface area contributed by atoms with E-state index < -0.39 is 0 Å². The molecule has 100 valence electrons. The fourth-order valence-electron chi connectivity index (χ4n) is 1.72. The number of hydrogen-bond donors (Lipinski definition) is 2. The van der Waals surface area contributed by atoms with Crippen molar-refractivity contribution in [1.29, 1.82) is 0 Å². The number of aromatic nitrogens is 2. The largest absolute Gasteiger partial charge is 0.309 e. The second kappa shape index (κ2) is 6.02. The molecule has 0 spiro atoms. The third-order valence-corrected chi connectivity index (χ3v) is 3.23. The van der Waals surface area contributed by atoms with Crippen LogP contribution in [0.2, 0.25) is 0 Å². The number of hydrogen-bond acceptors (Lipinski definition) is 2. The number of nitrogens with zero attached hydrogens (tertiary/aromatic N) is 1. The average Bonchev–Trinajstić information content (AvgIpc) is 2.77. The summed E-state index contributed by atoms with van der Waals surface area (Å²) in [5.74, 6) is 0.867. The SMILES string of the molecule is CC(C)c1cc(NC(=O)Cc2cccc(Br)c2)n[nH]1. The van der Waals surface area contributed by atoms with Gasteiger partial charge >= 0.3 is 0 Å². The van der Waals surface area contributed by atoms with Gasteiger partial charge < -0.3 is 5.32 Å².